The molecule has 2 heterocycles. The second kappa shape index (κ2) is 10.6. The number of nitrogens with zero attached hydrogens (tertiary/aromatic N) is 3. The van der Waals surface area contributed by atoms with Gasteiger partial charge >= 0.3 is 6.18 Å². The fourth-order valence-electron chi connectivity index (χ4n) is 3.66. The number of hydrogen-bond acceptors (Lipinski definition) is 5. The quantitative estimate of drug-likeness (QED) is 0.409. The number of anilines is 1. The number of rotatable bonds is 10. The van der Waals surface area contributed by atoms with E-state index in [1.807, 2.05) is 0 Å². The molecule has 1 aromatic heterocycles. The third-order valence-corrected chi connectivity index (χ3v) is 5.82. The molecule has 1 aliphatic heterocycles. The topological polar surface area (TPSA) is 84.1 Å². The van der Waals surface area contributed by atoms with Crippen LogP contribution in [0, 0.1) is 0 Å². The molecular weight excluding hydrogens is 431 g/mol. The van der Waals surface area contributed by atoms with Crippen molar-refractivity contribution in [2.45, 2.75) is 37.9 Å². The molecule has 176 valence electrons. The van der Waals surface area contributed by atoms with Crippen LogP contribution >= 0.6 is 0 Å². The average Bonchev–Trinajstić information content (AvgIpc) is 2.95. The van der Waals surface area contributed by atoms with Gasteiger partial charge in [0.15, 0.2) is 0 Å². The van der Waals surface area contributed by atoms with E-state index in [1.165, 1.54) is 12.4 Å². The van der Waals surface area contributed by atoms with Crippen molar-refractivity contribution in [3.8, 4) is 0 Å². The molecule has 1 unspecified atom stereocenters. The molecule has 33 heavy (non-hydrogen) atoms. The number of fused-ring (bicyclic) bond motifs is 1. The second-order valence-electron chi connectivity index (χ2n) is 8.07. The van der Waals surface area contributed by atoms with Crippen molar-refractivity contribution in [3.05, 3.63) is 71.8 Å². The first-order valence-corrected chi connectivity index (χ1v) is 10.8. The van der Waals surface area contributed by atoms with Crippen molar-refractivity contribution in [1.29, 1.82) is 0 Å². The summed E-state index contributed by atoms with van der Waals surface area (Å²) < 4.78 is 38.8. The van der Waals surface area contributed by atoms with E-state index in [1.54, 1.807) is 24.3 Å². The van der Waals surface area contributed by atoms with Gasteiger partial charge in [-0.05, 0) is 44.0 Å². The van der Waals surface area contributed by atoms with Crippen LogP contribution in [0.1, 0.15) is 30.5 Å². The van der Waals surface area contributed by atoms with Gasteiger partial charge in [0.25, 0.3) is 0 Å². The van der Waals surface area contributed by atoms with Crippen molar-refractivity contribution >= 4 is 17.8 Å². The van der Waals surface area contributed by atoms with Gasteiger partial charge in [0.2, 0.25) is 5.91 Å². The van der Waals surface area contributed by atoms with Gasteiger partial charge in [-0.15, -0.1) is 0 Å². The van der Waals surface area contributed by atoms with Gasteiger partial charge in [-0.1, -0.05) is 37.5 Å². The molecular formula is C24H28F3N5O. The number of amides is 1. The SMILES string of the molecule is C=C/C(=C\CC(=C)C(F)(F)F)C(CCN1CCC1)Nc1ncnc2c1C=CC=C(C(N)=O)C2. The number of likely N-dealkylation sites (tertiary alicyclic amines) is 1. The molecule has 1 aliphatic carbocycles. The van der Waals surface area contributed by atoms with Crippen molar-refractivity contribution in [1.82, 2.24) is 14.9 Å². The standard InChI is InChI=1S/C24H28F3N5O/c1-3-17(9-8-16(2)24(25,26)27)20(10-13-32-11-5-12-32)31-23-19-7-4-6-18(22(28)33)14-21(19)29-15-30-23/h3-4,6-7,9,15,20H,1-2,5,8,10-14H2,(H2,28,33)(H,29,30,31)/b17-9+. The first-order valence-electron chi connectivity index (χ1n) is 10.8. The lowest BCUT2D eigenvalue weighted by Crippen LogP contribution is -2.40. The largest absolute Gasteiger partial charge is 0.412 e. The minimum Gasteiger partial charge on any atom is -0.366 e. The molecule has 1 aromatic rings. The number of allylic oxidation sites excluding steroid dienone is 4. The molecule has 1 saturated heterocycles. The number of carbonyl (C=O) groups excluding carboxylic acids is 1. The van der Waals surface area contributed by atoms with Crippen LogP contribution in [0.4, 0.5) is 19.0 Å². The van der Waals surface area contributed by atoms with E-state index in [0.717, 1.165) is 26.1 Å². The first-order chi connectivity index (χ1) is 15.7. The van der Waals surface area contributed by atoms with Crippen LogP contribution in [0.3, 0.4) is 0 Å². The molecule has 3 N–H and O–H groups in total. The van der Waals surface area contributed by atoms with Gasteiger partial charge < -0.3 is 16.0 Å². The zero-order chi connectivity index (χ0) is 24.0. The Morgan fingerprint density at radius 3 is 2.70 bits per heavy atom. The summed E-state index contributed by atoms with van der Waals surface area (Å²) in [5, 5.41) is 3.38. The van der Waals surface area contributed by atoms with Gasteiger partial charge in [0.1, 0.15) is 12.1 Å². The summed E-state index contributed by atoms with van der Waals surface area (Å²) in [5.74, 6) is 0.0150. The molecule has 6 nitrogen and oxygen atoms in total. The predicted molar refractivity (Wildman–Crippen MR) is 123 cm³/mol. The van der Waals surface area contributed by atoms with Crippen molar-refractivity contribution < 1.29 is 18.0 Å². The van der Waals surface area contributed by atoms with Crippen molar-refractivity contribution in [2.24, 2.45) is 5.73 Å². The normalized spacial score (nSPS) is 17.3. The van der Waals surface area contributed by atoms with E-state index in [0.29, 0.717) is 34.6 Å². The van der Waals surface area contributed by atoms with Crippen LogP contribution in [0.25, 0.3) is 6.08 Å². The summed E-state index contributed by atoms with van der Waals surface area (Å²) in [5.41, 5.74) is 7.05. The monoisotopic (exact) mass is 459 g/mol. The summed E-state index contributed by atoms with van der Waals surface area (Å²) in [4.78, 5) is 22.6. The van der Waals surface area contributed by atoms with Gasteiger partial charge in [-0.2, -0.15) is 13.2 Å². The summed E-state index contributed by atoms with van der Waals surface area (Å²) in [7, 11) is 0. The third kappa shape index (κ3) is 6.41. The lowest BCUT2D eigenvalue weighted by molar-refractivity contribution is -0.114. The van der Waals surface area contributed by atoms with E-state index in [9.17, 15) is 18.0 Å². The third-order valence-electron chi connectivity index (χ3n) is 5.82. The van der Waals surface area contributed by atoms with E-state index in [-0.39, 0.29) is 18.9 Å². The molecule has 0 radical (unpaired) electrons. The van der Waals surface area contributed by atoms with E-state index in [4.69, 9.17) is 5.73 Å². The van der Waals surface area contributed by atoms with Crippen LogP contribution < -0.4 is 11.1 Å². The fraction of sp³-hybridized carbons (Fsp3) is 0.375. The molecule has 1 amide bonds. The molecule has 2 aliphatic rings. The van der Waals surface area contributed by atoms with Crippen LogP contribution in [-0.4, -0.2) is 52.6 Å². The number of alkyl halides is 3. The predicted octanol–water partition coefficient (Wildman–Crippen LogP) is 3.95. The minimum atomic E-state index is -4.44. The van der Waals surface area contributed by atoms with Crippen molar-refractivity contribution in [3.63, 3.8) is 0 Å². The highest BCUT2D eigenvalue weighted by atomic mass is 19.4. The van der Waals surface area contributed by atoms with Crippen molar-refractivity contribution in [2.75, 3.05) is 25.0 Å². The minimum absolute atomic E-state index is 0.267. The fourth-order valence-corrected chi connectivity index (χ4v) is 3.66. The maximum Gasteiger partial charge on any atom is 0.412 e. The van der Waals surface area contributed by atoms with E-state index in [2.05, 4.69) is 33.3 Å². The van der Waals surface area contributed by atoms with Crippen LogP contribution in [0.2, 0.25) is 0 Å². The highest BCUT2D eigenvalue weighted by Crippen LogP contribution is 2.29. The number of nitrogens with one attached hydrogen (secondary N) is 1. The number of carbonyl (C=O) groups is 1. The van der Waals surface area contributed by atoms with Crippen LogP contribution in [-0.2, 0) is 11.2 Å². The molecule has 0 bridgehead atoms. The maximum absolute atomic E-state index is 12.9. The zero-order valence-corrected chi connectivity index (χ0v) is 18.4. The second-order valence-corrected chi connectivity index (χ2v) is 8.07. The van der Waals surface area contributed by atoms with Gasteiger partial charge in [0, 0.05) is 29.7 Å². The first kappa shape index (κ1) is 24.4. The molecule has 9 heteroatoms. The van der Waals surface area contributed by atoms with E-state index < -0.39 is 17.7 Å². The zero-order valence-electron chi connectivity index (χ0n) is 18.4. The van der Waals surface area contributed by atoms with Gasteiger partial charge in [-0.25, -0.2) is 9.97 Å². The number of nitrogens with two attached hydrogens (primary N) is 1. The Bertz CT molecular complexity index is 1010. The Kier molecular flexibility index (Phi) is 7.86. The highest BCUT2D eigenvalue weighted by Gasteiger charge is 2.31. The maximum atomic E-state index is 12.9. The summed E-state index contributed by atoms with van der Waals surface area (Å²) in [6, 6.07) is -0.316. The Morgan fingerprint density at radius 1 is 1.33 bits per heavy atom. The lowest BCUT2D eigenvalue weighted by Gasteiger charge is -2.33. The molecule has 0 spiro atoms. The Labute approximate surface area is 191 Å². The highest BCUT2D eigenvalue weighted by molar-refractivity contribution is 5.93. The van der Waals surface area contributed by atoms with Crippen LogP contribution in [0.5, 0.6) is 0 Å². The van der Waals surface area contributed by atoms with Gasteiger partial charge in [-0.3, -0.25) is 4.79 Å². The lowest BCUT2D eigenvalue weighted by atomic mass is 9.99. The average molecular weight is 460 g/mol. The molecule has 1 atom stereocenters. The summed E-state index contributed by atoms with van der Waals surface area (Å²) in [6.45, 7) is 9.79. The Hall–Kier alpha value is -3.20. The summed E-state index contributed by atoms with van der Waals surface area (Å²) >= 11 is 0. The molecule has 3 rings (SSSR count). The molecule has 1 fully saturated rings. The number of primary amides is 1. The van der Waals surface area contributed by atoms with E-state index >= 15 is 0 Å². The Balaban J connectivity index is 1.86. The Morgan fingerprint density at radius 2 is 2.09 bits per heavy atom. The summed E-state index contributed by atoms with van der Waals surface area (Å²) in [6.07, 6.45) is 6.94. The number of aromatic nitrogens is 2. The smallest absolute Gasteiger partial charge is 0.366 e. The van der Waals surface area contributed by atoms with Gasteiger partial charge in [0.05, 0.1) is 11.7 Å². The molecule has 0 saturated carbocycles. The molecule has 0 aromatic carbocycles. The number of hydrogen-bond donors (Lipinski definition) is 2. The van der Waals surface area contributed by atoms with Crippen LogP contribution in [0.15, 0.2) is 60.5 Å². The number of halogens is 3.